The third-order valence-electron chi connectivity index (χ3n) is 5.63. The van der Waals surface area contributed by atoms with Gasteiger partial charge in [-0.05, 0) is 39.0 Å². The molecule has 3 amide bonds. The molecule has 3 atom stereocenters. The van der Waals surface area contributed by atoms with Gasteiger partial charge in [-0.25, -0.2) is 4.79 Å². The Balaban J connectivity index is 2.40. The number of rotatable bonds is 6. The Morgan fingerprint density at radius 1 is 1.29 bits per heavy atom. The van der Waals surface area contributed by atoms with Crippen LogP contribution in [0.3, 0.4) is 0 Å². The lowest BCUT2D eigenvalue weighted by atomic mass is 10.0. The summed E-state index contributed by atoms with van der Waals surface area (Å²) in [4.78, 5) is 30.9. The van der Waals surface area contributed by atoms with Crippen LogP contribution in [0.25, 0.3) is 0 Å². The molecular weight excluding hydrogens is 396 g/mol. The fourth-order valence-electron chi connectivity index (χ4n) is 3.62. The van der Waals surface area contributed by atoms with E-state index in [1.54, 1.807) is 16.8 Å². The van der Waals surface area contributed by atoms with Gasteiger partial charge in [0, 0.05) is 50.9 Å². The van der Waals surface area contributed by atoms with Crippen molar-refractivity contribution in [3.63, 3.8) is 0 Å². The normalized spacial score (nSPS) is 20.2. The van der Waals surface area contributed by atoms with Crippen molar-refractivity contribution in [1.29, 1.82) is 0 Å². The van der Waals surface area contributed by atoms with Crippen LogP contribution < -0.4 is 15.0 Å². The quantitative estimate of drug-likeness (QED) is 0.715. The summed E-state index contributed by atoms with van der Waals surface area (Å²) < 4.78 is 6.42. The van der Waals surface area contributed by atoms with Crippen molar-refractivity contribution < 1.29 is 19.4 Å². The number of ether oxygens (including phenoxy) is 1. The lowest BCUT2D eigenvalue weighted by molar-refractivity contribution is -0.134. The van der Waals surface area contributed by atoms with E-state index in [2.05, 4.69) is 5.32 Å². The molecule has 0 spiro atoms. The molecular formula is C23H38N4O4. The standard InChI is InChI=1S/C23H38N4O4/c1-15(2)24-23(30)26(7)13-21-16(3)12-27(17(4)14-28)22(29)11-18-10-19(25(5)6)8-9-20(18)31-21/h8-10,15-17,21,28H,11-14H2,1-7H3,(H,24,30)/t16-,17+,21+/m0/s1. The van der Waals surface area contributed by atoms with Crippen LogP contribution in [0.1, 0.15) is 33.3 Å². The van der Waals surface area contributed by atoms with Crippen LogP contribution in [0.4, 0.5) is 10.5 Å². The van der Waals surface area contributed by atoms with Gasteiger partial charge in [-0.3, -0.25) is 4.79 Å². The largest absolute Gasteiger partial charge is 0.488 e. The topological polar surface area (TPSA) is 85.4 Å². The van der Waals surface area contributed by atoms with Crippen molar-refractivity contribution >= 4 is 17.6 Å². The monoisotopic (exact) mass is 434 g/mol. The summed E-state index contributed by atoms with van der Waals surface area (Å²) in [5, 5.41) is 12.6. The van der Waals surface area contributed by atoms with Gasteiger partial charge >= 0.3 is 6.03 Å². The highest BCUT2D eigenvalue weighted by Crippen LogP contribution is 2.29. The van der Waals surface area contributed by atoms with Crippen molar-refractivity contribution in [2.45, 2.75) is 52.3 Å². The highest BCUT2D eigenvalue weighted by atomic mass is 16.5. The van der Waals surface area contributed by atoms with E-state index < -0.39 is 0 Å². The van der Waals surface area contributed by atoms with Gasteiger partial charge < -0.3 is 29.9 Å². The second-order valence-corrected chi connectivity index (χ2v) is 9.06. The van der Waals surface area contributed by atoms with E-state index in [0.717, 1.165) is 11.3 Å². The number of likely N-dealkylation sites (N-methyl/N-ethyl adjacent to an activating group) is 1. The zero-order valence-electron chi connectivity index (χ0n) is 19.9. The molecule has 0 bridgehead atoms. The smallest absolute Gasteiger partial charge is 0.317 e. The SMILES string of the molecule is CC(C)NC(=O)N(C)C[C@H]1Oc2ccc(N(C)C)cc2CC(=O)N([C@H](C)CO)C[C@@H]1C. The van der Waals surface area contributed by atoms with Crippen molar-refractivity contribution in [3.05, 3.63) is 23.8 Å². The summed E-state index contributed by atoms with van der Waals surface area (Å²) in [6, 6.07) is 5.42. The van der Waals surface area contributed by atoms with Crippen molar-refractivity contribution in [3.8, 4) is 5.75 Å². The molecule has 0 aromatic heterocycles. The van der Waals surface area contributed by atoms with Crippen molar-refractivity contribution in [2.75, 3.05) is 45.7 Å². The Labute approximate surface area is 186 Å². The summed E-state index contributed by atoms with van der Waals surface area (Å²) in [6.45, 7) is 8.42. The minimum Gasteiger partial charge on any atom is -0.488 e. The maximum Gasteiger partial charge on any atom is 0.317 e. The number of nitrogens with one attached hydrogen (secondary N) is 1. The van der Waals surface area contributed by atoms with Crippen LogP contribution >= 0.6 is 0 Å². The molecule has 0 aliphatic carbocycles. The van der Waals surface area contributed by atoms with Crippen LogP contribution in [0.15, 0.2) is 18.2 Å². The molecule has 0 radical (unpaired) electrons. The lowest BCUT2D eigenvalue weighted by Crippen LogP contribution is -2.49. The molecule has 0 saturated carbocycles. The fraction of sp³-hybridized carbons (Fsp3) is 0.652. The Hall–Kier alpha value is -2.48. The maximum atomic E-state index is 13.1. The van der Waals surface area contributed by atoms with Crippen LogP contribution in [0.2, 0.25) is 0 Å². The molecule has 1 aromatic carbocycles. The van der Waals surface area contributed by atoms with E-state index in [4.69, 9.17) is 4.74 Å². The molecule has 1 aromatic rings. The molecule has 31 heavy (non-hydrogen) atoms. The number of nitrogens with zero attached hydrogens (tertiary/aromatic N) is 3. The van der Waals surface area contributed by atoms with E-state index in [0.29, 0.717) is 18.8 Å². The highest BCUT2D eigenvalue weighted by molar-refractivity contribution is 5.80. The average molecular weight is 435 g/mol. The summed E-state index contributed by atoms with van der Waals surface area (Å²) in [7, 11) is 5.65. The van der Waals surface area contributed by atoms with Crippen molar-refractivity contribution in [1.82, 2.24) is 15.1 Å². The average Bonchev–Trinajstić information content (AvgIpc) is 2.74. The number of carbonyl (C=O) groups excluding carboxylic acids is 2. The van der Waals surface area contributed by atoms with Gasteiger partial charge in [-0.1, -0.05) is 6.92 Å². The van der Waals surface area contributed by atoms with Gasteiger partial charge in [0.1, 0.15) is 11.9 Å². The van der Waals surface area contributed by atoms with E-state index in [-0.39, 0.29) is 49.1 Å². The summed E-state index contributed by atoms with van der Waals surface area (Å²) in [5.74, 6) is 0.569. The van der Waals surface area contributed by atoms with Crippen LogP contribution in [0, 0.1) is 5.92 Å². The first-order chi connectivity index (χ1) is 14.5. The second kappa shape index (κ2) is 10.7. The number of aliphatic hydroxyl groups is 1. The third-order valence-corrected chi connectivity index (χ3v) is 5.63. The van der Waals surface area contributed by atoms with Gasteiger partial charge in [0.05, 0.1) is 25.6 Å². The van der Waals surface area contributed by atoms with Gasteiger partial charge in [0.15, 0.2) is 0 Å². The molecule has 8 nitrogen and oxygen atoms in total. The number of hydrogen-bond donors (Lipinski definition) is 2. The van der Waals surface area contributed by atoms with E-state index in [1.807, 2.05) is 64.9 Å². The minimum atomic E-state index is -0.314. The molecule has 0 fully saturated rings. The van der Waals surface area contributed by atoms with Crippen LogP contribution in [-0.2, 0) is 11.2 Å². The Kier molecular flexibility index (Phi) is 8.56. The molecule has 0 unspecified atom stereocenters. The van der Waals surface area contributed by atoms with E-state index >= 15 is 0 Å². The maximum absolute atomic E-state index is 13.1. The Bertz CT molecular complexity index is 768. The summed E-state index contributed by atoms with van der Waals surface area (Å²) in [6.07, 6.45) is -0.115. The van der Waals surface area contributed by atoms with Crippen LogP contribution in [0.5, 0.6) is 5.75 Å². The fourth-order valence-corrected chi connectivity index (χ4v) is 3.62. The van der Waals surface area contributed by atoms with Gasteiger partial charge in [0.2, 0.25) is 5.91 Å². The summed E-state index contributed by atoms with van der Waals surface area (Å²) in [5.41, 5.74) is 1.79. The van der Waals surface area contributed by atoms with E-state index in [9.17, 15) is 14.7 Å². The third kappa shape index (κ3) is 6.50. The second-order valence-electron chi connectivity index (χ2n) is 9.06. The predicted octanol–water partition coefficient (Wildman–Crippen LogP) is 1.95. The number of aliphatic hydroxyl groups excluding tert-OH is 1. The molecule has 1 aliphatic heterocycles. The molecule has 2 rings (SSSR count). The first-order valence-corrected chi connectivity index (χ1v) is 10.9. The first-order valence-electron chi connectivity index (χ1n) is 10.9. The lowest BCUT2D eigenvalue weighted by Gasteiger charge is -2.34. The first kappa shape index (κ1) is 24.8. The number of urea groups is 1. The Morgan fingerprint density at radius 2 is 1.97 bits per heavy atom. The molecule has 174 valence electrons. The number of benzene rings is 1. The molecule has 1 aliphatic rings. The highest BCUT2D eigenvalue weighted by Gasteiger charge is 2.31. The van der Waals surface area contributed by atoms with Crippen LogP contribution in [-0.4, -0.2) is 85.9 Å². The number of hydrogen-bond acceptors (Lipinski definition) is 5. The zero-order valence-corrected chi connectivity index (χ0v) is 19.9. The van der Waals surface area contributed by atoms with Crippen molar-refractivity contribution in [2.24, 2.45) is 5.92 Å². The molecule has 2 N–H and O–H groups in total. The summed E-state index contributed by atoms with van der Waals surface area (Å²) >= 11 is 0. The molecule has 1 heterocycles. The molecule has 8 heteroatoms. The predicted molar refractivity (Wildman–Crippen MR) is 123 cm³/mol. The number of amides is 3. The van der Waals surface area contributed by atoms with E-state index in [1.165, 1.54) is 0 Å². The number of anilines is 1. The molecule has 0 saturated heterocycles. The van der Waals surface area contributed by atoms with Gasteiger partial charge in [-0.2, -0.15) is 0 Å². The zero-order chi connectivity index (χ0) is 23.3. The Morgan fingerprint density at radius 3 is 2.55 bits per heavy atom. The number of fused-ring (bicyclic) bond motifs is 1. The van der Waals surface area contributed by atoms with Gasteiger partial charge in [0.25, 0.3) is 0 Å². The number of carbonyl (C=O) groups is 2. The minimum absolute atomic E-state index is 0.0394. The van der Waals surface area contributed by atoms with Gasteiger partial charge in [-0.15, -0.1) is 0 Å².